The van der Waals surface area contributed by atoms with Crippen LogP contribution in [0.1, 0.15) is 0 Å². The number of hydrogen-bond acceptors (Lipinski definition) is 2. The van der Waals surface area contributed by atoms with Crippen LogP contribution in [0.25, 0.3) is 87.1 Å². The molecular weight excluding hydrogens is 539 g/mol. The summed E-state index contributed by atoms with van der Waals surface area (Å²) >= 11 is 1.82. The maximum absolute atomic E-state index is 4.67. The molecule has 2 heteroatoms. The van der Waals surface area contributed by atoms with Crippen LogP contribution in [-0.4, -0.2) is 4.98 Å². The molecule has 1 aliphatic rings. The first-order valence-electron chi connectivity index (χ1n) is 14.6. The molecule has 2 heterocycles. The number of rotatable bonds is 2. The smallest absolute Gasteiger partial charge is 0.0888 e. The first-order valence-corrected chi connectivity index (χ1v) is 15.5. The number of pyridine rings is 1. The first kappa shape index (κ1) is 24.3. The number of benzene rings is 6. The summed E-state index contributed by atoms with van der Waals surface area (Å²) < 4.78 is 2.52. The standard InChI is InChI=1S/C41H25NS/c1-2-11-31-30(10-1)32-12-3-4-13-34(32)36-18-7-16-28(39(36)35-15-6-5-14-33(31)35)26-21-23-27(24-22-26)29-17-8-19-37-40-38(43-41(29)37)20-9-25-42-40/h1-25H. The molecule has 0 bridgehead atoms. The van der Waals surface area contributed by atoms with Crippen LogP contribution in [-0.2, 0) is 0 Å². The average Bonchev–Trinajstić information content (AvgIpc) is 3.47. The number of hydrogen-bond donors (Lipinski definition) is 0. The van der Waals surface area contributed by atoms with E-state index >= 15 is 0 Å². The second-order valence-corrected chi connectivity index (χ2v) is 12.1. The second kappa shape index (κ2) is 9.62. The lowest BCUT2D eigenvalue weighted by Gasteiger charge is -2.25. The van der Waals surface area contributed by atoms with Gasteiger partial charge in [-0.15, -0.1) is 11.3 Å². The van der Waals surface area contributed by atoms with Gasteiger partial charge >= 0.3 is 0 Å². The third-order valence-electron chi connectivity index (χ3n) is 8.75. The molecule has 0 N–H and O–H groups in total. The minimum absolute atomic E-state index is 1.09. The van der Waals surface area contributed by atoms with Crippen LogP contribution in [0.4, 0.5) is 0 Å². The van der Waals surface area contributed by atoms with Crippen molar-refractivity contribution in [1.82, 2.24) is 4.98 Å². The number of thiophene rings is 1. The van der Waals surface area contributed by atoms with E-state index in [0.717, 1.165) is 5.52 Å². The molecule has 1 nitrogen and oxygen atoms in total. The Kier molecular flexibility index (Phi) is 5.44. The zero-order valence-corrected chi connectivity index (χ0v) is 24.1. The van der Waals surface area contributed by atoms with Crippen LogP contribution in [0.2, 0.25) is 0 Å². The molecule has 200 valence electrons. The van der Waals surface area contributed by atoms with Gasteiger partial charge in [0.25, 0.3) is 0 Å². The van der Waals surface area contributed by atoms with Gasteiger partial charge in [-0.05, 0) is 78.9 Å². The predicted octanol–water partition coefficient (Wildman–Crippen LogP) is 11.8. The van der Waals surface area contributed by atoms with Crippen LogP contribution in [0, 0.1) is 0 Å². The van der Waals surface area contributed by atoms with Crippen LogP contribution in [0.15, 0.2) is 152 Å². The van der Waals surface area contributed by atoms with E-state index < -0.39 is 0 Å². The maximum Gasteiger partial charge on any atom is 0.0888 e. The van der Waals surface area contributed by atoms with Crippen molar-refractivity contribution in [2.75, 3.05) is 0 Å². The summed E-state index contributed by atoms with van der Waals surface area (Å²) in [6.45, 7) is 0. The normalized spacial score (nSPS) is 11.7. The lowest BCUT2D eigenvalue weighted by atomic mass is 9.78. The number of fused-ring (bicyclic) bond motifs is 11. The molecule has 0 saturated carbocycles. The van der Waals surface area contributed by atoms with E-state index in [-0.39, 0.29) is 0 Å². The van der Waals surface area contributed by atoms with Gasteiger partial charge < -0.3 is 0 Å². The lowest BCUT2D eigenvalue weighted by molar-refractivity contribution is 1.44. The van der Waals surface area contributed by atoms with Crippen molar-refractivity contribution in [2.45, 2.75) is 0 Å². The SMILES string of the molecule is c1ccc2c(c1)-c1ccccc1-c1cccc(-c3ccc(-c4cccc5c4sc4cccnc45)cc3)c1-c1ccccc1-2. The van der Waals surface area contributed by atoms with Gasteiger partial charge in [-0.2, -0.15) is 0 Å². The monoisotopic (exact) mass is 563 g/mol. The van der Waals surface area contributed by atoms with Gasteiger partial charge in [-0.1, -0.05) is 133 Å². The summed E-state index contributed by atoms with van der Waals surface area (Å²) in [6.07, 6.45) is 1.88. The minimum atomic E-state index is 1.09. The highest BCUT2D eigenvalue weighted by molar-refractivity contribution is 7.26. The van der Waals surface area contributed by atoms with E-state index in [2.05, 4.69) is 145 Å². The Balaban J connectivity index is 1.25. The fourth-order valence-corrected chi connectivity index (χ4v) is 8.02. The average molecular weight is 564 g/mol. The van der Waals surface area contributed by atoms with Crippen molar-refractivity contribution in [1.29, 1.82) is 0 Å². The predicted molar refractivity (Wildman–Crippen MR) is 183 cm³/mol. The van der Waals surface area contributed by atoms with Crippen LogP contribution in [0.5, 0.6) is 0 Å². The fourth-order valence-electron chi connectivity index (χ4n) is 6.82. The van der Waals surface area contributed by atoms with E-state index in [1.54, 1.807) is 0 Å². The number of aromatic nitrogens is 1. The first-order chi connectivity index (χ1) is 21.3. The molecule has 1 aliphatic carbocycles. The van der Waals surface area contributed by atoms with Gasteiger partial charge in [0.1, 0.15) is 0 Å². The van der Waals surface area contributed by atoms with E-state index in [0.29, 0.717) is 0 Å². The Morgan fingerprint density at radius 1 is 0.372 bits per heavy atom. The molecule has 0 aliphatic heterocycles. The van der Waals surface area contributed by atoms with Gasteiger partial charge in [0.05, 0.1) is 10.2 Å². The van der Waals surface area contributed by atoms with E-state index in [1.807, 2.05) is 23.6 Å². The largest absolute Gasteiger partial charge is 0.255 e. The Labute approximate surface area is 254 Å². The lowest BCUT2D eigenvalue weighted by Crippen LogP contribution is -1.98. The van der Waals surface area contributed by atoms with Crippen LogP contribution >= 0.6 is 11.3 Å². The summed E-state index contributed by atoms with van der Waals surface area (Å²) in [6, 6.07) is 53.2. The summed E-state index contributed by atoms with van der Waals surface area (Å²) in [5.74, 6) is 0. The molecule has 8 aromatic rings. The van der Waals surface area contributed by atoms with Crippen molar-refractivity contribution in [3.05, 3.63) is 152 Å². The molecule has 0 unspecified atom stereocenters. The van der Waals surface area contributed by atoms with Gasteiger partial charge in [-0.3, -0.25) is 4.98 Å². The van der Waals surface area contributed by atoms with Gasteiger partial charge in [-0.25, -0.2) is 0 Å². The summed E-state index contributed by atoms with van der Waals surface area (Å²) in [5.41, 5.74) is 16.2. The van der Waals surface area contributed by atoms with Crippen molar-refractivity contribution in [3.63, 3.8) is 0 Å². The highest BCUT2D eigenvalue weighted by Gasteiger charge is 2.23. The third kappa shape index (κ3) is 3.74. The van der Waals surface area contributed by atoms with Crippen molar-refractivity contribution >= 4 is 31.6 Å². The summed E-state index contributed by atoms with van der Waals surface area (Å²) in [5, 5.41) is 1.22. The van der Waals surface area contributed by atoms with E-state index in [1.165, 1.54) is 81.5 Å². The molecular formula is C41H25NS. The maximum atomic E-state index is 4.67. The van der Waals surface area contributed by atoms with Crippen molar-refractivity contribution < 1.29 is 0 Å². The zero-order valence-electron chi connectivity index (χ0n) is 23.3. The Hall–Kier alpha value is -5.31. The fraction of sp³-hybridized carbons (Fsp3) is 0. The van der Waals surface area contributed by atoms with Crippen molar-refractivity contribution in [2.24, 2.45) is 0 Å². The highest BCUT2D eigenvalue weighted by atomic mass is 32.1. The zero-order chi connectivity index (χ0) is 28.3. The molecule has 0 amide bonds. The van der Waals surface area contributed by atoms with Gasteiger partial charge in [0.2, 0.25) is 0 Å². The molecule has 0 spiro atoms. The Morgan fingerprint density at radius 2 is 0.860 bits per heavy atom. The Bertz CT molecular complexity index is 2340. The summed E-state index contributed by atoms with van der Waals surface area (Å²) in [7, 11) is 0. The molecule has 6 aromatic carbocycles. The topological polar surface area (TPSA) is 12.9 Å². The molecule has 2 aromatic heterocycles. The van der Waals surface area contributed by atoms with Crippen LogP contribution < -0.4 is 0 Å². The molecule has 0 atom stereocenters. The molecule has 9 rings (SSSR count). The molecule has 43 heavy (non-hydrogen) atoms. The quantitative estimate of drug-likeness (QED) is 0.204. The van der Waals surface area contributed by atoms with Crippen LogP contribution in [0.3, 0.4) is 0 Å². The molecule has 0 radical (unpaired) electrons. The summed E-state index contributed by atoms with van der Waals surface area (Å²) in [4.78, 5) is 4.67. The second-order valence-electron chi connectivity index (χ2n) is 11.1. The third-order valence-corrected chi connectivity index (χ3v) is 9.94. The highest BCUT2D eigenvalue weighted by Crippen LogP contribution is 2.50. The van der Waals surface area contributed by atoms with Gasteiger partial charge in [0, 0.05) is 16.3 Å². The van der Waals surface area contributed by atoms with Crippen molar-refractivity contribution in [3.8, 4) is 66.8 Å². The molecule has 0 saturated heterocycles. The van der Waals surface area contributed by atoms with E-state index in [4.69, 9.17) is 0 Å². The van der Waals surface area contributed by atoms with Gasteiger partial charge in [0.15, 0.2) is 0 Å². The number of nitrogens with zero attached hydrogens (tertiary/aromatic N) is 1. The molecule has 0 fully saturated rings. The Morgan fingerprint density at radius 3 is 1.53 bits per heavy atom. The minimum Gasteiger partial charge on any atom is -0.255 e. The van der Waals surface area contributed by atoms with E-state index in [9.17, 15) is 0 Å².